The Bertz CT molecular complexity index is 951. The van der Waals surface area contributed by atoms with E-state index in [9.17, 15) is 4.79 Å². The molecule has 0 bridgehead atoms. The average molecular weight is 449 g/mol. The monoisotopic (exact) mass is 447 g/mol. The van der Waals surface area contributed by atoms with Crippen molar-refractivity contribution in [3.63, 3.8) is 0 Å². The molecule has 0 saturated heterocycles. The molecule has 0 fully saturated rings. The van der Waals surface area contributed by atoms with Crippen molar-refractivity contribution < 1.29 is 14.3 Å². The van der Waals surface area contributed by atoms with Gasteiger partial charge < -0.3 is 14.8 Å². The van der Waals surface area contributed by atoms with Crippen LogP contribution in [0.25, 0.3) is 0 Å². The Hall–Kier alpha value is -2.64. The molecule has 0 aliphatic heterocycles. The summed E-state index contributed by atoms with van der Waals surface area (Å²) in [5, 5.41) is 2.93. The van der Waals surface area contributed by atoms with Gasteiger partial charge in [0.25, 0.3) is 5.91 Å². The molecule has 6 nitrogen and oxygen atoms in total. The SMILES string of the molecule is COc1cccc(Oc2ccc(CNC(=O)c3cc(Br)cnc3Cl)cn2)c1. The van der Waals surface area contributed by atoms with Gasteiger partial charge in [-0.05, 0) is 39.7 Å². The zero-order chi connectivity index (χ0) is 19.2. The lowest BCUT2D eigenvalue weighted by atomic mass is 10.2. The number of hydrogen-bond donors (Lipinski definition) is 1. The standard InChI is InChI=1S/C19H15BrClN3O3/c1-26-14-3-2-4-15(8-14)27-17-6-5-12(9-22-17)10-24-19(25)16-7-13(20)11-23-18(16)21/h2-9,11H,10H2,1H3,(H,24,25). The number of nitrogens with zero attached hydrogens (tertiary/aromatic N) is 2. The van der Waals surface area contributed by atoms with Crippen LogP contribution >= 0.6 is 27.5 Å². The van der Waals surface area contributed by atoms with Crippen molar-refractivity contribution >= 4 is 33.4 Å². The summed E-state index contributed by atoms with van der Waals surface area (Å²) in [4.78, 5) is 20.4. The largest absolute Gasteiger partial charge is 0.497 e. The van der Waals surface area contributed by atoms with E-state index in [0.29, 0.717) is 34.0 Å². The minimum Gasteiger partial charge on any atom is -0.497 e. The van der Waals surface area contributed by atoms with Crippen molar-refractivity contribution in [3.8, 4) is 17.4 Å². The lowest BCUT2D eigenvalue weighted by Gasteiger charge is -2.09. The molecule has 1 N–H and O–H groups in total. The summed E-state index contributed by atoms with van der Waals surface area (Å²) in [7, 11) is 1.60. The van der Waals surface area contributed by atoms with Crippen molar-refractivity contribution in [2.75, 3.05) is 7.11 Å². The highest BCUT2D eigenvalue weighted by Gasteiger charge is 2.12. The minimum absolute atomic E-state index is 0.149. The summed E-state index contributed by atoms with van der Waals surface area (Å²) in [6, 6.07) is 12.4. The molecular weight excluding hydrogens is 434 g/mol. The second kappa shape index (κ2) is 8.83. The van der Waals surface area contributed by atoms with E-state index >= 15 is 0 Å². The Labute approximate surface area is 169 Å². The maximum Gasteiger partial charge on any atom is 0.254 e. The third-order valence-corrected chi connectivity index (χ3v) is 4.30. The van der Waals surface area contributed by atoms with Crippen molar-refractivity contribution in [2.24, 2.45) is 0 Å². The summed E-state index contributed by atoms with van der Waals surface area (Å²) in [5.74, 6) is 1.45. The molecule has 0 unspecified atom stereocenters. The van der Waals surface area contributed by atoms with E-state index in [1.807, 2.05) is 24.3 Å². The molecule has 3 rings (SSSR count). The first kappa shape index (κ1) is 19.1. The van der Waals surface area contributed by atoms with Crippen molar-refractivity contribution in [3.05, 3.63) is 75.6 Å². The van der Waals surface area contributed by atoms with Crippen LogP contribution in [0, 0.1) is 0 Å². The zero-order valence-corrected chi connectivity index (χ0v) is 16.6. The number of ether oxygens (including phenoxy) is 2. The number of rotatable bonds is 6. The van der Waals surface area contributed by atoms with Crippen LogP contribution in [0.5, 0.6) is 17.4 Å². The Morgan fingerprint density at radius 1 is 1.15 bits per heavy atom. The van der Waals surface area contributed by atoms with Crippen molar-refractivity contribution in [2.45, 2.75) is 6.54 Å². The molecule has 3 aromatic rings. The topological polar surface area (TPSA) is 73.3 Å². The number of nitrogens with one attached hydrogen (secondary N) is 1. The van der Waals surface area contributed by atoms with Crippen LogP contribution in [0.1, 0.15) is 15.9 Å². The Morgan fingerprint density at radius 3 is 2.70 bits per heavy atom. The normalized spacial score (nSPS) is 10.3. The molecule has 8 heteroatoms. The van der Waals surface area contributed by atoms with Gasteiger partial charge >= 0.3 is 0 Å². The predicted octanol–water partition coefficient (Wildman–Crippen LogP) is 4.62. The molecule has 1 amide bonds. The van der Waals surface area contributed by atoms with Crippen LogP contribution in [0.3, 0.4) is 0 Å². The quantitative estimate of drug-likeness (QED) is 0.557. The second-order valence-electron chi connectivity index (χ2n) is 5.46. The van der Waals surface area contributed by atoms with E-state index in [4.69, 9.17) is 21.1 Å². The third-order valence-electron chi connectivity index (χ3n) is 3.56. The first-order valence-electron chi connectivity index (χ1n) is 7.91. The van der Waals surface area contributed by atoms with Gasteiger partial charge in [0, 0.05) is 35.5 Å². The van der Waals surface area contributed by atoms with Gasteiger partial charge in [0.15, 0.2) is 0 Å². The Kier molecular flexibility index (Phi) is 6.26. The van der Waals surface area contributed by atoms with Crippen LogP contribution in [0.2, 0.25) is 5.15 Å². The molecule has 2 aromatic heterocycles. The molecule has 0 aliphatic rings. The molecule has 2 heterocycles. The van der Waals surface area contributed by atoms with Gasteiger partial charge in [0.1, 0.15) is 16.7 Å². The summed E-state index contributed by atoms with van der Waals surface area (Å²) < 4.78 is 11.5. The van der Waals surface area contributed by atoms with Gasteiger partial charge in [0.2, 0.25) is 5.88 Å². The van der Waals surface area contributed by atoms with E-state index in [0.717, 1.165) is 5.56 Å². The molecule has 0 spiro atoms. The highest BCUT2D eigenvalue weighted by molar-refractivity contribution is 9.10. The molecular formula is C19H15BrClN3O3. The summed E-state index contributed by atoms with van der Waals surface area (Å²) in [5.41, 5.74) is 1.12. The fourth-order valence-corrected chi connectivity index (χ4v) is 2.74. The number of benzene rings is 1. The van der Waals surface area contributed by atoms with Gasteiger partial charge in [-0.3, -0.25) is 4.79 Å². The molecule has 138 valence electrons. The first-order chi connectivity index (χ1) is 13.0. The van der Waals surface area contributed by atoms with E-state index in [2.05, 4.69) is 31.2 Å². The Balaban J connectivity index is 1.60. The Morgan fingerprint density at radius 2 is 1.96 bits per heavy atom. The molecule has 1 aromatic carbocycles. The number of carbonyl (C=O) groups excluding carboxylic acids is 1. The summed E-state index contributed by atoms with van der Waals surface area (Å²) in [6.07, 6.45) is 3.17. The average Bonchev–Trinajstić information content (AvgIpc) is 2.69. The second-order valence-corrected chi connectivity index (χ2v) is 6.73. The maximum absolute atomic E-state index is 12.2. The maximum atomic E-state index is 12.2. The van der Waals surface area contributed by atoms with E-state index < -0.39 is 0 Å². The highest BCUT2D eigenvalue weighted by atomic mass is 79.9. The lowest BCUT2D eigenvalue weighted by molar-refractivity contribution is 0.0950. The summed E-state index contributed by atoms with van der Waals surface area (Å²) >= 11 is 9.23. The first-order valence-corrected chi connectivity index (χ1v) is 9.08. The van der Waals surface area contributed by atoms with Gasteiger partial charge in [-0.15, -0.1) is 0 Å². The van der Waals surface area contributed by atoms with Gasteiger partial charge in [-0.1, -0.05) is 23.7 Å². The van der Waals surface area contributed by atoms with Crippen LogP contribution in [-0.4, -0.2) is 23.0 Å². The molecule has 0 aliphatic carbocycles. The minimum atomic E-state index is -0.314. The fourth-order valence-electron chi connectivity index (χ4n) is 2.22. The van der Waals surface area contributed by atoms with E-state index in [-0.39, 0.29) is 11.1 Å². The number of carbonyl (C=O) groups is 1. The lowest BCUT2D eigenvalue weighted by Crippen LogP contribution is -2.23. The summed E-state index contributed by atoms with van der Waals surface area (Å²) in [6.45, 7) is 0.300. The molecule has 0 radical (unpaired) electrons. The zero-order valence-electron chi connectivity index (χ0n) is 14.3. The highest BCUT2D eigenvalue weighted by Crippen LogP contribution is 2.24. The van der Waals surface area contributed by atoms with Crippen molar-refractivity contribution in [1.29, 1.82) is 0 Å². The number of halogens is 2. The van der Waals surface area contributed by atoms with Gasteiger partial charge in [-0.2, -0.15) is 0 Å². The van der Waals surface area contributed by atoms with E-state index in [1.54, 1.807) is 31.5 Å². The number of amides is 1. The van der Waals surface area contributed by atoms with Crippen LogP contribution in [0.4, 0.5) is 0 Å². The third kappa shape index (κ3) is 5.18. The molecule has 0 saturated carbocycles. The van der Waals surface area contributed by atoms with Gasteiger partial charge in [-0.25, -0.2) is 9.97 Å². The van der Waals surface area contributed by atoms with Crippen LogP contribution in [0.15, 0.2) is 59.3 Å². The number of aromatic nitrogens is 2. The predicted molar refractivity (Wildman–Crippen MR) is 105 cm³/mol. The molecule has 0 atom stereocenters. The van der Waals surface area contributed by atoms with Crippen molar-refractivity contribution in [1.82, 2.24) is 15.3 Å². The van der Waals surface area contributed by atoms with Gasteiger partial charge in [0.05, 0.1) is 12.7 Å². The van der Waals surface area contributed by atoms with E-state index in [1.165, 1.54) is 6.20 Å². The number of hydrogen-bond acceptors (Lipinski definition) is 5. The molecule has 27 heavy (non-hydrogen) atoms. The number of methoxy groups -OCH3 is 1. The van der Waals surface area contributed by atoms with Crippen LogP contribution < -0.4 is 14.8 Å². The number of pyridine rings is 2. The smallest absolute Gasteiger partial charge is 0.254 e. The fraction of sp³-hybridized carbons (Fsp3) is 0.105. The van der Waals surface area contributed by atoms with Crippen LogP contribution in [-0.2, 0) is 6.54 Å².